The highest BCUT2D eigenvalue weighted by atomic mass is 32.1. The minimum atomic E-state index is -0.157. The van der Waals surface area contributed by atoms with Crippen molar-refractivity contribution in [3.05, 3.63) is 64.8 Å². The number of nitrogens with zero attached hydrogens (tertiary/aromatic N) is 5. The van der Waals surface area contributed by atoms with Crippen LogP contribution in [0.25, 0.3) is 33.4 Å². The molecule has 0 saturated carbocycles. The van der Waals surface area contributed by atoms with Crippen molar-refractivity contribution in [3.8, 4) is 22.5 Å². The van der Waals surface area contributed by atoms with Crippen LogP contribution in [0.2, 0.25) is 0 Å². The van der Waals surface area contributed by atoms with Gasteiger partial charge in [0.25, 0.3) is 0 Å². The van der Waals surface area contributed by atoms with E-state index in [9.17, 15) is 4.79 Å². The second-order valence-electron chi connectivity index (χ2n) is 17.4. The Bertz CT molecular complexity index is 1890. The predicted molar refractivity (Wildman–Crippen MR) is 267 cm³/mol. The first kappa shape index (κ1) is 53.8. The van der Waals surface area contributed by atoms with Crippen LogP contribution < -0.4 is 10.2 Å². The topological polar surface area (TPSA) is 75.5 Å². The van der Waals surface area contributed by atoms with Gasteiger partial charge in [0.1, 0.15) is 5.78 Å². The summed E-state index contributed by atoms with van der Waals surface area (Å²) in [5.74, 6) is 0.514. The summed E-state index contributed by atoms with van der Waals surface area (Å²) in [5, 5.41) is 7.64. The Morgan fingerprint density at radius 3 is 2.28 bits per heavy atom. The number of aromatic nitrogens is 3. The van der Waals surface area contributed by atoms with Crippen molar-refractivity contribution in [2.24, 2.45) is 17.3 Å². The van der Waals surface area contributed by atoms with Crippen LogP contribution in [-0.4, -0.2) is 78.6 Å². The Labute approximate surface area is 377 Å². The molecule has 5 rings (SSSR count). The Balaban J connectivity index is 0.000000947. The summed E-state index contributed by atoms with van der Waals surface area (Å²) < 4.78 is 8.43. The molecule has 1 saturated heterocycles. The van der Waals surface area contributed by atoms with Gasteiger partial charge >= 0.3 is 0 Å². The fourth-order valence-corrected chi connectivity index (χ4v) is 8.88. The number of pyridine rings is 1. The number of hydrogen-bond donors (Lipinski definition) is 1. The van der Waals surface area contributed by atoms with Gasteiger partial charge in [-0.2, -0.15) is 0 Å². The van der Waals surface area contributed by atoms with Gasteiger partial charge in [0.05, 0.1) is 40.1 Å². The van der Waals surface area contributed by atoms with Crippen LogP contribution in [0.4, 0.5) is 5.69 Å². The molecular formula is C52H86N6O2S. The molecule has 9 heteroatoms. The third-order valence-corrected chi connectivity index (χ3v) is 12.9. The van der Waals surface area contributed by atoms with E-state index >= 15 is 0 Å². The molecule has 3 atom stereocenters. The number of thiazole rings is 1. The number of hydrogen-bond acceptors (Lipinski definition) is 8. The van der Waals surface area contributed by atoms with Crippen LogP contribution >= 0.6 is 11.3 Å². The standard InChI is InChI=1S/C41H57N5O2S.C7H17N.2C2H6/c1-11-13-16-41(7,8)24-35-33-21-30(36-26-49-38(43-36)23-32(27(3)4)28(5)47)14-15-37(33)46(12-2)40(35)34-22-31(25-42-39(34)29(6)48-10)45-19-17-44(9)18-20-45;1-4-5-6-7(2)8-3;2*1-2/h11,14-15,21-22,25-27,29,32H,1,12-13,16-20,23-24H2,2-10H3;7-8H,4-6H2,1-3H3;2*1-2H3. The average Bonchev–Trinajstić information content (AvgIpc) is 3.86. The second kappa shape index (κ2) is 27.0. The van der Waals surface area contributed by atoms with Gasteiger partial charge in [-0.3, -0.25) is 9.78 Å². The Morgan fingerprint density at radius 2 is 1.72 bits per heavy atom. The summed E-state index contributed by atoms with van der Waals surface area (Å²) in [6, 6.07) is 9.92. The Hall–Kier alpha value is -3.37. The molecule has 4 heterocycles. The Kier molecular flexibility index (Phi) is 23.8. The van der Waals surface area contributed by atoms with Crippen molar-refractivity contribution >= 4 is 33.7 Å². The molecule has 0 aliphatic carbocycles. The van der Waals surface area contributed by atoms with Gasteiger partial charge in [-0.15, -0.1) is 17.9 Å². The van der Waals surface area contributed by atoms with Crippen molar-refractivity contribution in [2.45, 2.75) is 154 Å². The number of piperazine rings is 1. The highest BCUT2D eigenvalue weighted by Crippen LogP contribution is 2.43. The number of ketones is 1. The lowest BCUT2D eigenvalue weighted by atomic mass is 9.80. The fourth-order valence-electron chi connectivity index (χ4n) is 8.01. The molecule has 0 bridgehead atoms. The highest BCUT2D eigenvalue weighted by molar-refractivity contribution is 7.10. The van der Waals surface area contributed by atoms with E-state index in [1.807, 2.05) is 47.0 Å². The monoisotopic (exact) mass is 859 g/mol. The van der Waals surface area contributed by atoms with Gasteiger partial charge in [0, 0.05) is 85.6 Å². The van der Waals surface area contributed by atoms with Crippen molar-refractivity contribution < 1.29 is 9.53 Å². The van der Waals surface area contributed by atoms with Crippen LogP contribution in [0.1, 0.15) is 144 Å². The highest BCUT2D eigenvalue weighted by Gasteiger charge is 2.29. The number of carbonyl (C=O) groups excluding carboxylic acids is 1. The quantitative estimate of drug-likeness (QED) is 0.0941. The van der Waals surface area contributed by atoms with Gasteiger partial charge in [0.15, 0.2) is 0 Å². The summed E-state index contributed by atoms with van der Waals surface area (Å²) >= 11 is 1.66. The number of nitrogens with one attached hydrogen (secondary N) is 1. The molecule has 0 spiro atoms. The number of likely N-dealkylation sites (N-methyl/N-ethyl adjacent to an activating group) is 1. The first-order chi connectivity index (χ1) is 29.2. The van der Waals surface area contributed by atoms with Crippen LogP contribution in [-0.2, 0) is 28.9 Å². The smallest absolute Gasteiger partial charge is 0.133 e. The van der Waals surface area contributed by atoms with Crippen molar-refractivity contribution in [2.75, 3.05) is 52.3 Å². The Morgan fingerprint density at radius 1 is 1.05 bits per heavy atom. The molecule has 1 aliphatic rings. The molecule has 61 heavy (non-hydrogen) atoms. The summed E-state index contributed by atoms with van der Waals surface area (Å²) in [7, 11) is 5.98. The molecule has 1 aromatic carbocycles. The van der Waals surface area contributed by atoms with Crippen LogP contribution in [0.15, 0.2) is 48.5 Å². The van der Waals surface area contributed by atoms with Crippen molar-refractivity contribution in [3.63, 3.8) is 0 Å². The lowest BCUT2D eigenvalue weighted by molar-refractivity contribution is -0.121. The maximum Gasteiger partial charge on any atom is 0.133 e. The number of Topliss-reactive ketones (excluding diaryl/α,β-unsaturated/α-hetero) is 1. The number of carbonyl (C=O) groups is 1. The molecule has 4 aromatic rings. The van der Waals surface area contributed by atoms with E-state index in [2.05, 4.69) is 118 Å². The van der Waals surface area contributed by atoms with E-state index in [0.717, 1.165) is 79.5 Å². The zero-order valence-electron chi connectivity index (χ0n) is 41.5. The number of allylic oxidation sites excluding steroid dienone is 1. The molecule has 3 aromatic heterocycles. The third kappa shape index (κ3) is 15.1. The predicted octanol–water partition coefficient (Wildman–Crippen LogP) is 13.1. The number of unbranched alkanes of at least 4 members (excludes halogenated alkanes) is 1. The van der Waals surface area contributed by atoms with Crippen molar-refractivity contribution in [1.82, 2.24) is 24.8 Å². The number of rotatable bonds is 19. The van der Waals surface area contributed by atoms with E-state index in [1.165, 1.54) is 47.1 Å². The van der Waals surface area contributed by atoms with Gasteiger partial charge in [-0.05, 0) is 103 Å². The zero-order chi connectivity index (χ0) is 45.9. The lowest BCUT2D eigenvalue weighted by Gasteiger charge is -2.34. The number of anilines is 1. The minimum absolute atomic E-state index is 0.00840. The molecule has 8 nitrogen and oxygen atoms in total. The molecule has 1 aliphatic heterocycles. The second-order valence-corrected chi connectivity index (χ2v) is 18.3. The molecular weight excluding hydrogens is 773 g/mol. The fraction of sp³-hybridized carbons (Fsp3) is 0.635. The maximum atomic E-state index is 12.4. The van der Waals surface area contributed by atoms with Crippen LogP contribution in [0, 0.1) is 17.3 Å². The maximum absolute atomic E-state index is 12.4. The number of aryl methyl sites for hydroxylation is 1. The van der Waals surface area contributed by atoms with Gasteiger partial charge < -0.3 is 24.4 Å². The molecule has 1 fully saturated rings. The van der Waals surface area contributed by atoms with E-state index < -0.39 is 0 Å². The van der Waals surface area contributed by atoms with E-state index in [-0.39, 0.29) is 29.1 Å². The van der Waals surface area contributed by atoms with Crippen LogP contribution in [0.3, 0.4) is 0 Å². The SMILES string of the molecule is C=CCCC(C)(C)Cc1c(-c2cc(N3CCN(C)CC3)cnc2C(C)OC)n(CC)c2ccc(-c3csc(CC(C(C)=O)C(C)C)n3)cc12.CC.CC.CCCCC(C)NC. The first-order valence-electron chi connectivity index (χ1n) is 23.5. The summed E-state index contributed by atoms with van der Waals surface area (Å²) in [5.41, 5.74) is 9.24. The van der Waals surface area contributed by atoms with E-state index in [1.54, 1.807) is 25.4 Å². The first-order valence-corrected chi connectivity index (χ1v) is 24.4. The number of benzene rings is 1. The molecule has 0 amide bonds. The number of ether oxygens (including phenoxy) is 1. The number of methoxy groups -OCH3 is 1. The van der Waals surface area contributed by atoms with Crippen LogP contribution in [0.5, 0.6) is 0 Å². The largest absolute Gasteiger partial charge is 0.375 e. The van der Waals surface area contributed by atoms with E-state index in [0.29, 0.717) is 12.5 Å². The summed E-state index contributed by atoms with van der Waals surface area (Å²) in [6.07, 6.45) is 11.5. The van der Waals surface area contributed by atoms with Crippen molar-refractivity contribution in [1.29, 1.82) is 0 Å². The van der Waals surface area contributed by atoms with Gasteiger partial charge in [-0.25, -0.2) is 4.98 Å². The molecule has 0 radical (unpaired) electrons. The zero-order valence-corrected chi connectivity index (χ0v) is 42.3. The molecule has 3 unspecified atom stereocenters. The molecule has 342 valence electrons. The molecule has 1 N–H and O–H groups in total. The third-order valence-electron chi connectivity index (χ3n) is 12.0. The summed E-state index contributed by atoms with van der Waals surface area (Å²) in [4.78, 5) is 27.4. The summed E-state index contributed by atoms with van der Waals surface area (Å²) in [6.45, 7) is 36.4. The normalized spacial score (nSPS) is 14.6. The minimum Gasteiger partial charge on any atom is -0.375 e. The lowest BCUT2D eigenvalue weighted by Crippen LogP contribution is -2.44. The average molecular weight is 859 g/mol. The van der Waals surface area contributed by atoms with Gasteiger partial charge in [-0.1, -0.05) is 87.3 Å². The van der Waals surface area contributed by atoms with Gasteiger partial charge in [0.2, 0.25) is 0 Å². The number of fused-ring (bicyclic) bond motifs is 1. The van der Waals surface area contributed by atoms with E-state index in [4.69, 9.17) is 14.7 Å².